The molecule has 0 spiro atoms. The van der Waals surface area contributed by atoms with Crippen LogP contribution in [-0.2, 0) is 14.8 Å². The van der Waals surface area contributed by atoms with Gasteiger partial charge in [-0.15, -0.1) is 0 Å². The fraction of sp³-hybridized carbons (Fsp3) is 0.500. The molecule has 1 aromatic rings. The lowest BCUT2D eigenvalue weighted by Crippen LogP contribution is -2.27. The van der Waals surface area contributed by atoms with Crippen LogP contribution >= 0.6 is 27.5 Å². The van der Waals surface area contributed by atoms with Gasteiger partial charge in [0.2, 0.25) is 10.0 Å². The molecule has 118 valence electrons. The van der Waals surface area contributed by atoms with Gasteiger partial charge in [-0.2, -0.15) is 0 Å². The third-order valence-corrected chi connectivity index (χ3v) is 6.16. The van der Waals surface area contributed by atoms with Crippen LogP contribution in [0.1, 0.15) is 12.8 Å². The van der Waals surface area contributed by atoms with E-state index in [9.17, 15) is 12.8 Å². The quantitative estimate of drug-likeness (QED) is 0.587. The largest absolute Gasteiger partial charge is 0.395 e. The minimum atomic E-state index is -4.00. The lowest BCUT2D eigenvalue weighted by molar-refractivity contribution is 0.184. The Kier molecular flexibility index (Phi) is 5.48. The highest BCUT2D eigenvalue weighted by atomic mass is 79.9. The van der Waals surface area contributed by atoms with Crippen molar-refractivity contribution in [1.82, 2.24) is 4.72 Å². The number of nitrogens with one attached hydrogen (secondary N) is 1. The summed E-state index contributed by atoms with van der Waals surface area (Å²) in [6.07, 6.45) is 1.55. The van der Waals surface area contributed by atoms with E-state index in [2.05, 4.69) is 20.7 Å². The van der Waals surface area contributed by atoms with E-state index in [1.807, 2.05) is 0 Å². The van der Waals surface area contributed by atoms with Gasteiger partial charge < -0.3 is 10.5 Å². The molecule has 5 nitrogen and oxygen atoms in total. The van der Waals surface area contributed by atoms with Crippen molar-refractivity contribution in [3.05, 3.63) is 21.4 Å². The smallest absolute Gasteiger partial charge is 0.243 e. The number of anilines is 1. The van der Waals surface area contributed by atoms with Crippen LogP contribution in [0, 0.1) is 11.7 Å². The summed E-state index contributed by atoms with van der Waals surface area (Å²) in [4.78, 5) is -0.545. The lowest BCUT2D eigenvalue weighted by atomic mass is 10.1. The van der Waals surface area contributed by atoms with Gasteiger partial charge >= 0.3 is 0 Å². The van der Waals surface area contributed by atoms with Crippen LogP contribution in [0.5, 0.6) is 0 Å². The Hall–Kier alpha value is -0.410. The van der Waals surface area contributed by atoms with Crippen molar-refractivity contribution in [1.29, 1.82) is 0 Å². The highest BCUT2D eigenvalue weighted by molar-refractivity contribution is 9.10. The van der Waals surface area contributed by atoms with E-state index in [1.54, 1.807) is 0 Å². The summed E-state index contributed by atoms with van der Waals surface area (Å²) >= 11 is 8.83. The molecule has 21 heavy (non-hydrogen) atoms. The van der Waals surface area contributed by atoms with Gasteiger partial charge in [0.05, 0.1) is 15.2 Å². The number of ether oxygens (including phenoxy) is 1. The summed E-state index contributed by atoms with van der Waals surface area (Å²) in [5.41, 5.74) is 5.17. The first-order valence-electron chi connectivity index (χ1n) is 6.33. The Labute approximate surface area is 136 Å². The molecule has 0 saturated carbocycles. The highest BCUT2D eigenvalue weighted by Crippen LogP contribution is 2.34. The SMILES string of the molecule is Nc1c(F)c(S(=O)(=O)NCCC2CCOC2)cc(Cl)c1Br. The second kappa shape index (κ2) is 6.78. The van der Waals surface area contributed by atoms with E-state index in [4.69, 9.17) is 22.1 Å². The van der Waals surface area contributed by atoms with Crippen molar-refractivity contribution in [2.75, 3.05) is 25.5 Å². The van der Waals surface area contributed by atoms with E-state index in [0.717, 1.165) is 12.5 Å². The molecule has 9 heteroatoms. The molecule has 1 aliphatic rings. The maximum atomic E-state index is 14.0. The first kappa shape index (κ1) is 17.0. The predicted molar refractivity (Wildman–Crippen MR) is 82.3 cm³/mol. The molecular weight excluding hydrogens is 387 g/mol. The van der Waals surface area contributed by atoms with Crippen molar-refractivity contribution < 1.29 is 17.5 Å². The molecule has 0 aromatic heterocycles. The van der Waals surface area contributed by atoms with Crippen LogP contribution in [0.2, 0.25) is 5.02 Å². The van der Waals surface area contributed by atoms with Crippen LogP contribution in [0.3, 0.4) is 0 Å². The maximum absolute atomic E-state index is 14.0. The van der Waals surface area contributed by atoms with E-state index in [-0.39, 0.29) is 21.7 Å². The van der Waals surface area contributed by atoms with Gasteiger partial charge in [0.15, 0.2) is 5.82 Å². The van der Waals surface area contributed by atoms with Crippen molar-refractivity contribution >= 4 is 43.2 Å². The number of hydrogen-bond acceptors (Lipinski definition) is 4. The summed E-state index contributed by atoms with van der Waals surface area (Å²) in [6, 6.07) is 1.04. The normalized spacial score (nSPS) is 19.1. The molecule has 0 aliphatic carbocycles. The van der Waals surface area contributed by atoms with Gasteiger partial charge in [0.1, 0.15) is 4.90 Å². The Bertz CT molecular complexity index is 636. The minimum Gasteiger partial charge on any atom is -0.395 e. The van der Waals surface area contributed by atoms with Gasteiger partial charge in [-0.1, -0.05) is 11.6 Å². The summed E-state index contributed by atoms with van der Waals surface area (Å²) in [5, 5.41) is 0.0402. The zero-order valence-electron chi connectivity index (χ0n) is 11.0. The molecule has 1 heterocycles. The fourth-order valence-electron chi connectivity index (χ4n) is 2.08. The number of sulfonamides is 1. The van der Waals surface area contributed by atoms with E-state index in [1.165, 1.54) is 0 Å². The zero-order chi connectivity index (χ0) is 15.6. The topological polar surface area (TPSA) is 81.4 Å². The summed E-state index contributed by atoms with van der Waals surface area (Å²) < 4.78 is 46.0. The van der Waals surface area contributed by atoms with Gasteiger partial charge in [0.25, 0.3) is 0 Å². The summed E-state index contributed by atoms with van der Waals surface area (Å²) in [7, 11) is -4.00. The molecular formula is C12H15BrClFN2O3S. The molecule has 0 radical (unpaired) electrons. The molecule has 0 amide bonds. The van der Waals surface area contributed by atoms with Gasteiger partial charge in [0, 0.05) is 19.8 Å². The monoisotopic (exact) mass is 400 g/mol. The van der Waals surface area contributed by atoms with Crippen LogP contribution in [0.15, 0.2) is 15.4 Å². The Morgan fingerprint density at radius 2 is 2.29 bits per heavy atom. The maximum Gasteiger partial charge on any atom is 0.243 e. The number of rotatable bonds is 5. The number of nitrogens with two attached hydrogens (primary N) is 1. The highest BCUT2D eigenvalue weighted by Gasteiger charge is 2.24. The van der Waals surface area contributed by atoms with Gasteiger partial charge in [-0.25, -0.2) is 17.5 Å². The molecule has 0 bridgehead atoms. The van der Waals surface area contributed by atoms with Crippen molar-refractivity contribution in [2.45, 2.75) is 17.7 Å². The third kappa shape index (κ3) is 3.87. The van der Waals surface area contributed by atoms with E-state index in [0.29, 0.717) is 25.6 Å². The van der Waals surface area contributed by atoms with Crippen LogP contribution in [-0.4, -0.2) is 28.2 Å². The van der Waals surface area contributed by atoms with Gasteiger partial charge in [-0.05, 0) is 40.8 Å². The standard InChI is InChI=1S/C12H15BrClFN2O3S/c13-10-8(14)5-9(11(15)12(10)16)21(18,19)17-3-1-7-2-4-20-6-7/h5,7,17H,1-4,6,16H2. The van der Waals surface area contributed by atoms with Crippen molar-refractivity contribution in [3.8, 4) is 0 Å². The molecule has 1 fully saturated rings. The molecule has 1 atom stereocenters. The minimum absolute atomic E-state index is 0.0402. The average molecular weight is 402 g/mol. The summed E-state index contributed by atoms with van der Waals surface area (Å²) in [6.45, 7) is 1.54. The predicted octanol–water partition coefficient (Wildman–Crippen LogP) is 2.53. The Morgan fingerprint density at radius 1 is 1.57 bits per heavy atom. The lowest BCUT2D eigenvalue weighted by Gasteiger charge is -2.12. The number of benzene rings is 1. The first-order valence-corrected chi connectivity index (χ1v) is 8.98. The molecule has 1 unspecified atom stereocenters. The number of halogens is 3. The Morgan fingerprint density at radius 3 is 2.90 bits per heavy atom. The molecule has 1 aromatic carbocycles. The third-order valence-electron chi connectivity index (χ3n) is 3.31. The van der Waals surface area contributed by atoms with Crippen LogP contribution in [0.4, 0.5) is 10.1 Å². The number of nitrogen functional groups attached to an aromatic ring is 1. The number of hydrogen-bond donors (Lipinski definition) is 2. The van der Waals surface area contributed by atoms with Crippen LogP contribution < -0.4 is 10.5 Å². The molecule has 2 rings (SSSR count). The second-order valence-electron chi connectivity index (χ2n) is 4.81. The fourth-order valence-corrected chi connectivity index (χ4v) is 3.81. The Balaban J connectivity index is 2.12. The zero-order valence-corrected chi connectivity index (χ0v) is 14.2. The second-order valence-corrected chi connectivity index (χ2v) is 7.75. The molecule has 3 N–H and O–H groups in total. The van der Waals surface area contributed by atoms with Gasteiger partial charge in [-0.3, -0.25) is 0 Å². The van der Waals surface area contributed by atoms with Crippen molar-refractivity contribution in [3.63, 3.8) is 0 Å². The van der Waals surface area contributed by atoms with E-state index < -0.39 is 20.7 Å². The van der Waals surface area contributed by atoms with Crippen LogP contribution in [0.25, 0.3) is 0 Å². The average Bonchev–Trinajstić information content (AvgIpc) is 2.93. The molecule has 1 aliphatic heterocycles. The van der Waals surface area contributed by atoms with E-state index >= 15 is 0 Å². The summed E-state index contributed by atoms with van der Waals surface area (Å²) in [5.74, 6) is -0.681. The molecule has 1 saturated heterocycles. The first-order chi connectivity index (χ1) is 9.83. The van der Waals surface area contributed by atoms with Crippen molar-refractivity contribution in [2.24, 2.45) is 5.92 Å².